The van der Waals surface area contributed by atoms with Gasteiger partial charge in [0.25, 0.3) is 0 Å². The predicted molar refractivity (Wildman–Crippen MR) is 64.5 cm³/mol. The Hall–Kier alpha value is -2.10. The highest BCUT2D eigenvalue weighted by atomic mass is 16.2. The van der Waals surface area contributed by atoms with Crippen LogP contribution in [0.3, 0.4) is 0 Å². The molecule has 4 heteroatoms. The Labute approximate surface area is 99.1 Å². The van der Waals surface area contributed by atoms with Crippen molar-refractivity contribution in [3.05, 3.63) is 48.5 Å². The van der Waals surface area contributed by atoms with Crippen molar-refractivity contribution >= 4 is 11.6 Å². The minimum absolute atomic E-state index is 0.0793. The minimum Gasteiger partial charge on any atom is -0.348 e. The summed E-state index contributed by atoms with van der Waals surface area (Å²) in [6, 6.07) is 9.54. The molecule has 1 aliphatic rings. The number of H-pyrrole nitrogens is 1. The van der Waals surface area contributed by atoms with Crippen LogP contribution in [0.1, 0.15) is 18.0 Å². The van der Waals surface area contributed by atoms with Crippen LogP contribution in [0.25, 0.3) is 0 Å². The maximum absolute atomic E-state index is 11.9. The molecule has 0 unspecified atom stereocenters. The standard InChI is InChI=1S/C13H13N3O/c17-13(16-9-4-2-1-3-5-9)11-6-10(11)12-7-14-8-15-12/h1-5,7-8,10-11H,6H2,(H,14,15)(H,16,17)/t10-,11+/m0/s1. The number of hydrogen-bond acceptors (Lipinski definition) is 2. The summed E-state index contributed by atoms with van der Waals surface area (Å²) < 4.78 is 0. The van der Waals surface area contributed by atoms with Gasteiger partial charge in [0.05, 0.1) is 6.33 Å². The van der Waals surface area contributed by atoms with Crippen LogP contribution < -0.4 is 5.32 Å². The van der Waals surface area contributed by atoms with Crippen LogP contribution in [0, 0.1) is 5.92 Å². The maximum Gasteiger partial charge on any atom is 0.228 e. The molecule has 1 heterocycles. The number of aromatic nitrogens is 2. The number of anilines is 1. The molecule has 1 aromatic heterocycles. The van der Waals surface area contributed by atoms with E-state index in [2.05, 4.69) is 15.3 Å². The molecule has 2 N–H and O–H groups in total. The molecule has 1 amide bonds. The van der Waals surface area contributed by atoms with Gasteiger partial charge >= 0.3 is 0 Å². The zero-order chi connectivity index (χ0) is 11.7. The van der Waals surface area contributed by atoms with Crippen LogP contribution in [0.5, 0.6) is 0 Å². The number of amides is 1. The fourth-order valence-electron chi connectivity index (χ4n) is 2.05. The summed E-state index contributed by atoms with van der Waals surface area (Å²) in [5.74, 6) is 0.479. The second kappa shape index (κ2) is 4.05. The van der Waals surface area contributed by atoms with Crippen molar-refractivity contribution in [1.82, 2.24) is 9.97 Å². The second-order valence-electron chi connectivity index (χ2n) is 4.31. The molecule has 0 spiro atoms. The Morgan fingerprint density at radius 3 is 2.88 bits per heavy atom. The number of benzene rings is 1. The lowest BCUT2D eigenvalue weighted by atomic mass is 10.2. The fourth-order valence-corrected chi connectivity index (χ4v) is 2.05. The van der Waals surface area contributed by atoms with Gasteiger partial charge in [0.1, 0.15) is 0 Å². The Kier molecular flexibility index (Phi) is 2.40. The Balaban J connectivity index is 1.62. The summed E-state index contributed by atoms with van der Waals surface area (Å²) in [5, 5.41) is 2.92. The number of aromatic amines is 1. The molecule has 1 aromatic carbocycles. The molecule has 0 radical (unpaired) electrons. The molecule has 1 fully saturated rings. The van der Waals surface area contributed by atoms with E-state index in [1.165, 1.54) is 0 Å². The smallest absolute Gasteiger partial charge is 0.228 e. The van der Waals surface area contributed by atoms with Gasteiger partial charge in [0.2, 0.25) is 5.91 Å². The average Bonchev–Trinajstić information content (AvgIpc) is 2.98. The van der Waals surface area contributed by atoms with Gasteiger partial charge in [-0.2, -0.15) is 0 Å². The van der Waals surface area contributed by atoms with Gasteiger partial charge in [-0.25, -0.2) is 4.98 Å². The summed E-state index contributed by atoms with van der Waals surface area (Å²) in [4.78, 5) is 19.0. The molecule has 0 bridgehead atoms. The van der Waals surface area contributed by atoms with Crippen molar-refractivity contribution in [3.63, 3.8) is 0 Å². The predicted octanol–water partition coefficient (Wildman–Crippen LogP) is 2.15. The third-order valence-electron chi connectivity index (χ3n) is 3.09. The molecule has 17 heavy (non-hydrogen) atoms. The Morgan fingerprint density at radius 2 is 2.18 bits per heavy atom. The van der Waals surface area contributed by atoms with Crippen LogP contribution in [0.15, 0.2) is 42.9 Å². The zero-order valence-corrected chi connectivity index (χ0v) is 9.26. The van der Waals surface area contributed by atoms with E-state index < -0.39 is 0 Å². The molecule has 0 saturated heterocycles. The maximum atomic E-state index is 11.9. The Morgan fingerprint density at radius 1 is 1.35 bits per heavy atom. The average molecular weight is 227 g/mol. The van der Waals surface area contributed by atoms with Crippen LogP contribution in [-0.4, -0.2) is 15.9 Å². The molecule has 0 aliphatic heterocycles. The van der Waals surface area contributed by atoms with Crippen molar-refractivity contribution in [2.45, 2.75) is 12.3 Å². The quantitative estimate of drug-likeness (QED) is 0.844. The topological polar surface area (TPSA) is 57.8 Å². The van der Waals surface area contributed by atoms with Gasteiger partial charge in [-0.15, -0.1) is 0 Å². The van der Waals surface area contributed by atoms with E-state index in [1.807, 2.05) is 30.3 Å². The molecule has 2 aromatic rings. The van der Waals surface area contributed by atoms with E-state index in [9.17, 15) is 4.79 Å². The highest BCUT2D eigenvalue weighted by Gasteiger charge is 2.44. The number of nitrogens with one attached hydrogen (secondary N) is 2. The minimum atomic E-state index is 0.0793. The lowest BCUT2D eigenvalue weighted by Gasteiger charge is -2.03. The first-order chi connectivity index (χ1) is 8.34. The van der Waals surface area contributed by atoms with Crippen molar-refractivity contribution < 1.29 is 4.79 Å². The molecule has 3 rings (SSSR count). The molecule has 2 atom stereocenters. The summed E-state index contributed by atoms with van der Waals surface area (Å²) in [5.41, 5.74) is 1.91. The van der Waals surface area contributed by atoms with E-state index in [4.69, 9.17) is 0 Å². The molecule has 1 saturated carbocycles. The summed E-state index contributed by atoms with van der Waals surface area (Å²) in [7, 11) is 0. The first-order valence-corrected chi connectivity index (χ1v) is 5.69. The summed E-state index contributed by atoms with van der Waals surface area (Å²) >= 11 is 0. The molecule has 86 valence electrons. The fraction of sp³-hybridized carbons (Fsp3) is 0.231. The molecule has 4 nitrogen and oxygen atoms in total. The number of carbonyl (C=O) groups excluding carboxylic acids is 1. The highest BCUT2D eigenvalue weighted by molar-refractivity contribution is 5.95. The van der Waals surface area contributed by atoms with E-state index in [-0.39, 0.29) is 11.8 Å². The third kappa shape index (κ3) is 2.06. The van der Waals surface area contributed by atoms with E-state index in [0.717, 1.165) is 17.8 Å². The van der Waals surface area contributed by atoms with E-state index >= 15 is 0 Å². The van der Waals surface area contributed by atoms with Gasteiger partial charge in [-0.3, -0.25) is 4.79 Å². The SMILES string of the molecule is O=C(Nc1ccccc1)[C@@H]1C[C@@H]1c1cnc[nH]1. The first-order valence-electron chi connectivity index (χ1n) is 5.69. The lowest BCUT2D eigenvalue weighted by molar-refractivity contribution is -0.117. The van der Waals surface area contributed by atoms with Crippen LogP contribution >= 0.6 is 0 Å². The highest BCUT2D eigenvalue weighted by Crippen LogP contribution is 2.47. The summed E-state index contributed by atoms with van der Waals surface area (Å²) in [6.45, 7) is 0. The van der Waals surface area contributed by atoms with Gasteiger partial charge in [0.15, 0.2) is 0 Å². The van der Waals surface area contributed by atoms with Gasteiger partial charge in [-0.05, 0) is 18.6 Å². The zero-order valence-electron chi connectivity index (χ0n) is 9.26. The number of carbonyl (C=O) groups is 1. The van der Waals surface area contributed by atoms with Crippen LogP contribution in [0.2, 0.25) is 0 Å². The van der Waals surface area contributed by atoms with Gasteiger partial charge in [-0.1, -0.05) is 18.2 Å². The van der Waals surface area contributed by atoms with Crippen molar-refractivity contribution in [1.29, 1.82) is 0 Å². The molecular formula is C13H13N3O. The summed E-state index contributed by atoms with van der Waals surface area (Å²) in [6.07, 6.45) is 4.35. The van der Waals surface area contributed by atoms with Crippen molar-refractivity contribution in [2.75, 3.05) is 5.32 Å². The first kappa shape index (κ1) is 10.1. The number of nitrogens with zero attached hydrogens (tertiary/aromatic N) is 1. The second-order valence-corrected chi connectivity index (χ2v) is 4.31. The van der Waals surface area contributed by atoms with Crippen LogP contribution in [0.4, 0.5) is 5.69 Å². The number of hydrogen-bond donors (Lipinski definition) is 2. The van der Waals surface area contributed by atoms with Crippen molar-refractivity contribution in [3.8, 4) is 0 Å². The third-order valence-corrected chi connectivity index (χ3v) is 3.09. The lowest BCUT2D eigenvalue weighted by Crippen LogP contribution is -2.14. The molecule has 1 aliphatic carbocycles. The van der Waals surface area contributed by atoms with Gasteiger partial charge in [0, 0.05) is 29.4 Å². The molecular weight excluding hydrogens is 214 g/mol. The largest absolute Gasteiger partial charge is 0.348 e. The normalized spacial score (nSPS) is 22.1. The number of para-hydroxylation sites is 1. The monoisotopic (exact) mass is 227 g/mol. The number of rotatable bonds is 3. The van der Waals surface area contributed by atoms with Crippen LogP contribution in [-0.2, 0) is 4.79 Å². The van der Waals surface area contributed by atoms with Gasteiger partial charge < -0.3 is 10.3 Å². The van der Waals surface area contributed by atoms with E-state index in [1.54, 1.807) is 12.5 Å². The van der Waals surface area contributed by atoms with E-state index in [0.29, 0.717) is 5.92 Å². The van der Waals surface area contributed by atoms with Crippen molar-refractivity contribution in [2.24, 2.45) is 5.92 Å². The number of imidazole rings is 1. The Bertz CT molecular complexity index is 507.